The normalized spacial score (nSPS) is 11.5. The summed E-state index contributed by atoms with van der Waals surface area (Å²) in [6, 6.07) is 17.4. The van der Waals surface area contributed by atoms with Crippen LogP contribution in [-0.4, -0.2) is 0 Å². The Morgan fingerprint density at radius 3 is 2.41 bits per heavy atom. The van der Waals surface area contributed by atoms with Crippen molar-refractivity contribution < 1.29 is 27.1 Å². The molecule has 4 aromatic rings. The van der Waals surface area contributed by atoms with Crippen molar-refractivity contribution in [3.8, 4) is 17.2 Å². The zero-order valence-corrected chi connectivity index (χ0v) is 17.5. The molecule has 8 heteroatoms. The molecule has 3 aromatic carbocycles. The van der Waals surface area contributed by atoms with E-state index in [1.807, 2.05) is 0 Å². The Labute approximate surface area is 185 Å². The number of rotatable bonds is 5. The third-order valence-corrected chi connectivity index (χ3v) is 4.86. The van der Waals surface area contributed by atoms with Crippen LogP contribution < -0.4 is 14.9 Å². The van der Waals surface area contributed by atoms with Crippen LogP contribution in [0.3, 0.4) is 0 Å². The second kappa shape index (κ2) is 8.59. The SMILES string of the molecule is Cc1cccc(Oc2c(C(F)(F)F)oc3cc(OCc4ccc(Cl)cc4)ccc3c2=O)c1. The Morgan fingerprint density at radius 2 is 1.72 bits per heavy atom. The summed E-state index contributed by atoms with van der Waals surface area (Å²) >= 11 is 5.85. The summed E-state index contributed by atoms with van der Waals surface area (Å²) in [6.45, 7) is 1.92. The van der Waals surface area contributed by atoms with Gasteiger partial charge in [-0.1, -0.05) is 35.9 Å². The topological polar surface area (TPSA) is 48.7 Å². The van der Waals surface area contributed by atoms with Gasteiger partial charge in [0, 0.05) is 11.1 Å². The molecule has 0 saturated heterocycles. The Morgan fingerprint density at radius 1 is 0.969 bits per heavy atom. The van der Waals surface area contributed by atoms with Gasteiger partial charge in [0.1, 0.15) is 23.7 Å². The molecule has 0 aliphatic heterocycles. The van der Waals surface area contributed by atoms with E-state index in [0.717, 1.165) is 11.1 Å². The first kappa shape index (κ1) is 21.8. The van der Waals surface area contributed by atoms with Crippen molar-refractivity contribution in [2.75, 3.05) is 0 Å². The molecule has 164 valence electrons. The molecule has 0 radical (unpaired) electrons. The van der Waals surface area contributed by atoms with E-state index in [2.05, 4.69) is 0 Å². The predicted molar refractivity (Wildman–Crippen MR) is 115 cm³/mol. The molecule has 0 aliphatic carbocycles. The molecule has 1 heterocycles. The average molecular weight is 461 g/mol. The highest BCUT2D eigenvalue weighted by Gasteiger charge is 2.40. The van der Waals surface area contributed by atoms with Gasteiger partial charge in [-0.05, 0) is 54.4 Å². The zero-order chi connectivity index (χ0) is 22.9. The minimum atomic E-state index is -4.94. The molecule has 0 atom stereocenters. The number of aryl methyl sites for hydroxylation is 1. The van der Waals surface area contributed by atoms with E-state index in [1.165, 1.54) is 30.3 Å². The third-order valence-electron chi connectivity index (χ3n) is 4.61. The molecule has 4 rings (SSSR count). The smallest absolute Gasteiger partial charge is 0.453 e. The maximum atomic E-state index is 13.7. The van der Waals surface area contributed by atoms with Crippen LogP contribution in [0.2, 0.25) is 5.02 Å². The van der Waals surface area contributed by atoms with Crippen molar-refractivity contribution in [1.82, 2.24) is 0 Å². The van der Waals surface area contributed by atoms with Gasteiger partial charge < -0.3 is 13.9 Å². The van der Waals surface area contributed by atoms with Crippen molar-refractivity contribution in [3.05, 3.63) is 98.9 Å². The minimum Gasteiger partial charge on any atom is -0.489 e. The number of fused-ring (bicyclic) bond motifs is 1. The first-order chi connectivity index (χ1) is 15.2. The van der Waals surface area contributed by atoms with Crippen molar-refractivity contribution in [1.29, 1.82) is 0 Å². The summed E-state index contributed by atoms with van der Waals surface area (Å²) in [7, 11) is 0. The van der Waals surface area contributed by atoms with Gasteiger partial charge >= 0.3 is 6.18 Å². The van der Waals surface area contributed by atoms with Crippen molar-refractivity contribution >= 4 is 22.6 Å². The fourth-order valence-electron chi connectivity index (χ4n) is 3.07. The largest absolute Gasteiger partial charge is 0.489 e. The zero-order valence-electron chi connectivity index (χ0n) is 16.7. The molecule has 0 spiro atoms. The van der Waals surface area contributed by atoms with Gasteiger partial charge in [-0.15, -0.1) is 0 Å². The average Bonchev–Trinajstić information content (AvgIpc) is 2.74. The van der Waals surface area contributed by atoms with E-state index in [-0.39, 0.29) is 29.1 Å². The summed E-state index contributed by atoms with van der Waals surface area (Å²) in [6.07, 6.45) is -4.94. The summed E-state index contributed by atoms with van der Waals surface area (Å²) in [5.41, 5.74) is 0.398. The standard InChI is InChI=1S/C24H16ClF3O4/c1-14-3-2-4-18(11-14)31-22-21(29)19-10-9-17(12-20(19)32-23(22)24(26,27)28)30-13-15-5-7-16(25)8-6-15/h2-12H,13H2,1H3. The number of benzene rings is 3. The van der Waals surface area contributed by atoms with Crippen LogP contribution in [0.25, 0.3) is 11.0 Å². The van der Waals surface area contributed by atoms with Crippen LogP contribution >= 0.6 is 11.6 Å². The molecule has 4 nitrogen and oxygen atoms in total. The van der Waals surface area contributed by atoms with E-state index in [1.54, 1.807) is 43.3 Å². The third kappa shape index (κ3) is 4.73. The Bertz CT molecular complexity index is 1330. The molecule has 1 aromatic heterocycles. The lowest BCUT2D eigenvalue weighted by molar-refractivity contribution is -0.154. The molecule has 0 amide bonds. The maximum Gasteiger partial charge on any atom is 0.453 e. The first-order valence-corrected chi connectivity index (χ1v) is 9.88. The summed E-state index contributed by atoms with van der Waals surface area (Å²) in [5.74, 6) is -2.07. The number of hydrogen-bond donors (Lipinski definition) is 0. The van der Waals surface area contributed by atoms with E-state index in [4.69, 9.17) is 25.5 Å². The highest BCUT2D eigenvalue weighted by atomic mass is 35.5. The highest BCUT2D eigenvalue weighted by molar-refractivity contribution is 6.30. The van der Waals surface area contributed by atoms with Crippen LogP contribution in [0.5, 0.6) is 17.2 Å². The quantitative estimate of drug-likeness (QED) is 0.317. The highest BCUT2D eigenvalue weighted by Crippen LogP contribution is 2.38. The lowest BCUT2D eigenvalue weighted by Gasteiger charge is -2.14. The van der Waals surface area contributed by atoms with Gasteiger partial charge in [-0.2, -0.15) is 13.2 Å². The van der Waals surface area contributed by atoms with E-state index in [0.29, 0.717) is 5.02 Å². The van der Waals surface area contributed by atoms with Crippen LogP contribution in [0, 0.1) is 6.92 Å². The van der Waals surface area contributed by atoms with Crippen LogP contribution in [0.15, 0.2) is 75.9 Å². The monoisotopic (exact) mass is 460 g/mol. The Hall–Kier alpha value is -3.45. The van der Waals surface area contributed by atoms with Gasteiger partial charge in [0.05, 0.1) is 5.39 Å². The van der Waals surface area contributed by atoms with Gasteiger partial charge in [0.15, 0.2) is 0 Å². The predicted octanol–water partition coefficient (Wildman–Crippen LogP) is 7.14. The second-order valence-electron chi connectivity index (χ2n) is 7.08. The number of ether oxygens (including phenoxy) is 2. The second-order valence-corrected chi connectivity index (χ2v) is 7.52. The fraction of sp³-hybridized carbons (Fsp3) is 0.125. The van der Waals surface area contributed by atoms with Gasteiger partial charge in [0.25, 0.3) is 5.76 Å². The first-order valence-electron chi connectivity index (χ1n) is 9.50. The molecule has 0 fully saturated rings. The molecule has 0 aliphatic rings. The van der Waals surface area contributed by atoms with E-state index < -0.39 is 23.1 Å². The molecule has 0 saturated carbocycles. The van der Waals surface area contributed by atoms with Crippen LogP contribution in [-0.2, 0) is 12.8 Å². The van der Waals surface area contributed by atoms with Gasteiger partial charge in [0.2, 0.25) is 11.2 Å². The fourth-order valence-corrected chi connectivity index (χ4v) is 3.20. The van der Waals surface area contributed by atoms with E-state index in [9.17, 15) is 18.0 Å². The van der Waals surface area contributed by atoms with Crippen molar-refractivity contribution in [2.45, 2.75) is 19.7 Å². The minimum absolute atomic E-state index is 0.0560. The Kier molecular flexibility index (Phi) is 5.84. The van der Waals surface area contributed by atoms with Crippen molar-refractivity contribution in [3.63, 3.8) is 0 Å². The van der Waals surface area contributed by atoms with Crippen LogP contribution in [0.4, 0.5) is 13.2 Å². The van der Waals surface area contributed by atoms with Gasteiger partial charge in [-0.25, -0.2) is 0 Å². The van der Waals surface area contributed by atoms with E-state index >= 15 is 0 Å². The molecule has 0 N–H and O–H groups in total. The summed E-state index contributed by atoms with van der Waals surface area (Å²) in [4.78, 5) is 12.9. The number of halogens is 4. The van der Waals surface area contributed by atoms with Gasteiger partial charge in [-0.3, -0.25) is 4.79 Å². The van der Waals surface area contributed by atoms with Crippen molar-refractivity contribution in [2.24, 2.45) is 0 Å². The Balaban J connectivity index is 1.72. The lowest BCUT2D eigenvalue weighted by Crippen LogP contribution is -2.15. The molecular weight excluding hydrogens is 445 g/mol. The maximum absolute atomic E-state index is 13.7. The molecule has 0 unspecified atom stereocenters. The molecular formula is C24H16ClF3O4. The number of alkyl halides is 3. The number of hydrogen-bond acceptors (Lipinski definition) is 4. The molecule has 0 bridgehead atoms. The molecule has 32 heavy (non-hydrogen) atoms. The summed E-state index contributed by atoms with van der Waals surface area (Å²) in [5, 5.41) is 0.518. The summed E-state index contributed by atoms with van der Waals surface area (Å²) < 4.78 is 57.1. The lowest BCUT2D eigenvalue weighted by atomic mass is 10.2. The van der Waals surface area contributed by atoms with Crippen LogP contribution in [0.1, 0.15) is 16.9 Å².